The highest BCUT2D eigenvalue weighted by Gasteiger charge is 2.15. The van der Waals surface area contributed by atoms with E-state index in [1.54, 1.807) is 24.1 Å². The molecule has 150 valence electrons. The summed E-state index contributed by atoms with van der Waals surface area (Å²) in [6.07, 6.45) is 0.309. The fourth-order valence-electron chi connectivity index (χ4n) is 3.08. The normalized spacial score (nSPS) is 10.7. The Kier molecular flexibility index (Phi) is 5.91. The number of likely N-dealkylation sites (N-methyl/N-ethyl adjacent to an activating group) is 1. The summed E-state index contributed by atoms with van der Waals surface area (Å²) in [7, 11) is 1.73. The lowest BCUT2D eigenvalue weighted by Crippen LogP contribution is -2.27. The van der Waals surface area contributed by atoms with Crippen molar-refractivity contribution >= 4 is 17.5 Å². The van der Waals surface area contributed by atoms with Gasteiger partial charge in [0, 0.05) is 17.6 Å². The summed E-state index contributed by atoms with van der Waals surface area (Å²) >= 11 is 5.91. The van der Waals surface area contributed by atoms with Gasteiger partial charge in [-0.15, -0.1) is 0 Å². The summed E-state index contributed by atoms with van der Waals surface area (Å²) in [5.41, 5.74) is 4.04. The van der Waals surface area contributed by atoms with Crippen molar-refractivity contribution in [1.29, 1.82) is 0 Å². The molecule has 0 atom stereocenters. The number of hydrogen-bond acceptors (Lipinski definition) is 4. The van der Waals surface area contributed by atoms with Gasteiger partial charge in [0.15, 0.2) is 0 Å². The van der Waals surface area contributed by atoms with Crippen molar-refractivity contribution in [2.45, 2.75) is 13.0 Å². The molecular formula is C24H20ClN3O2. The topological polar surface area (TPSA) is 59.2 Å². The minimum Gasteiger partial charge on any atom is -0.337 e. The van der Waals surface area contributed by atoms with Crippen molar-refractivity contribution in [1.82, 2.24) is 15.0 Å². The lowest BCUT2D eigenvalue weighted by Gasteiger charge is -2.15. The molecule has 30 heavy (non-hydrogen) atoms. The molecule has 0 spiro atoms. The number of carbonyl (C=O) groups excluding carboxylic acids is 1. The third kappa shape index (κ3) is 4.75. The third-order valence-electron chi connectivity index (χ3n) is 4.79. The maximum absolute atomic E-state index is 12.6. The Hall–Kier alpha value is -3.44. The van der Waals surface area contributed by atoms with Crippen LogP contribution in [0, 0.1) is 0 Å². The van der Waals surface area contributed by atoms with E-state index in [0.29, 0.717) is 23.2 Å². The van der Waals surface area contributed by atoms with Crippen molar-refractivity contribution in [2.24, 2.45) is 0 Å². The van der Waals surface area contributed by atoms with Crippen molar-refractivity contribution in [3.63, 3.8) is 0 Å². The van der Waals surface area contributed by atoms with E-state index in [1.165, 1.54) is 0 Å². The molecule has 1 amide bonds. The fraction of sp³-hybridized carbons (Fsp3) is 0.125. The van der Waals surface area contributed by atoms with E-state index in [4.69, 9.17) is 16.1 Å². The lowest BCUT2D eigenvalue weighted by molar-refractivity contribution is -0.130. The van der Waals surface area contributed by atoms with E-state index < -0.39 is 0 Å². The predicted molar refractivity (Wildman–Crippen MR) is 117 cm³/mol. The first-order chi connectivity index (χ1) is 14.6. The summed E-state index contributed by atoms with van der Waals surface area (Å²) in [5.74, 6) is 0.836. The van der Waals surface area contributed by atoms with Crippen molar-refractivity contribution in [3.8, 4) is 22.5 Å². The zero-order valence-corrected chi connectivity index (χ0v) is 17.2. The molecule has 0 unspecified atom stereocenters. The average molecular weight is 418 g/mol. The zero-order valence-electron chi connectivity index (χ0n) is 16.5. The number of aromatic nitrogens is 2. The maximum Gasteiger partial charge on any atom is 0.246 e. The third-order valence-corrected chi connectivity index (χ3v) is 5.04. The standard InChI is InChI=1S/C24H20ClN3O2/c1-28(16-22-26-24(27-30-22)20-11-13-21(25)14-12-20)23(29)15-17-7-9-19(10-8-17)18-5-3-2-4-6-18/h2-14H,15-16H2,1H3. The molecule has 4 rings (SSSR count). The van der Waals surface area contributed by atoms with Crippen LogP contribution in [0.3, 0.4) is 0 Å². The molecule has 1 heterocycles. The second kappa shape index (κ2) is 8.93. The van der Waals surface area contributed by atoms with Gasteiger partial charge < -0.3 is 9.42 Å². The Bertz CT molecular complexity index is 1120. The molecule has 0 fully saturated rings. The zero-order chi connectivity index (χ0) is 20.9. The molecule has 0 saturated heterocycles. The highest BCUT2D eigenvalue weighted by atomic mass is 35.5. The first-order valence-corrected chi connectivity index (χ1v) is 9.93. The lowest BCUT2D eigenvalue weighted by atomic mass is 10.0. The highest BCUT2D eigenvalue weighted by Crippen LogP contribution is 2.21. The van der Waals surface area contributed by atoms with Gasteiger partial charge in [0.2, 0.25) is 17.6 Å². The summed E-state index contributed by atoms with van der Waals surface area (Å²) in [5, 5.41) is 4.63. The minimum atomic E-state index is -0.0197. The minimum absolute atomic E-state index is 0.0197. The van der Waals surface area contributed by atoms with Crippen LogP contribution in [-0.2, 0) is 17.8 Å². The van der Waals surface area contributed by atoms with Gasteiger partial charge in [-0.2, -0.15) is 4.98 Å². The van der Waals surface area contributed by atoms with E-state index in [9.17, 15) is 4.79 Å². The molecule has 0 aliphatic carbocycles. The van der Waals surface area contributed by atoms with Crippen LogP contribution >= 0.6 is 11.6 Å². The molecule has 0 radical (unpaired) electrons. The van der Waals surface area contributed by atoms with E-state index in [0.717, 1.165) is 22.3 Å². The number of rotatable bonds is 6. The van der Waals surface area contributed by atoms with E-state index >= 15 is 0 Å². The average Bonchev–Trinajstić information content (AvgIpc) is 3.24. The summed E-state index contributed by atoms with van der Waals surface area (Å²) < 4.78 is 5.30. The van der Waals surface area contributed by atoms with Crippen molar-refractivity contribution in [2.75, 3.05) is 7.05 Å². The van der Waals surface area contributed by atoms with Gasteiger partial charge >= 0.3 is 0 Å². The Morgan fingerprint density at radius 3 is 2.23 bits per heavy atom. The molecule has 0 bridgehead atoms. The van der Waals surface area contributed by atoms with Crippen LogP contribution in [-0.4, -0.2) is 28.0 Å². The fourth-order valence-corrected chi connectivity index (χ4v) is 3.21. The number of carbonyl (C=O) groups is 1. The van der Waals surface area contributed by atoms with Gasteiger partial charge in [0.25, 0.3) is 0 Å². The molecule has 0 aliphatic rings. The first kappa shape index (κ1) is 19.9. The molecule has 0 saturated carbocycles. The number of hydrogen-bond donors (Lipinski definition) is 0. The molecule has 1 aromatic heterocycles. The summed E-state index contributed by atoms with van der Waals surface area (Å²) in [4.78, 5) is 18.6. The predicted octanol–water partition coefficient (Wildman–Crippen LogP) is 5.26. The van der Waals surface area contributed by atoms with Gasteiger partial charge in [-0.05, 0) is 41.0 Å². The first-order valence-electron chi connectivity index (χ1n) is 9.55. The van der Waals surface area contributed by atoms with Crippen molar-refractivity contribution < 1.29 is 9.32 Å². The molecule has 0 aliphatic heterocycles. The van der Waals surface area contributed by atoms with Gasteiger partial charge in [-0.3, -0.25) is 4.79 Å². The molecule has 3 aromatic carbocycles. The monoisotopic (exact) mass is 417 g/mol. The second-order valence-electron chi connectivity index (χ2n) is 7.01. The smallest absolute Gasteiger partial charge is 0.246 e. The molecule has 5 nitrogen and oxygen atoms in total. The number of nitrogens with zero attached hydrogens (tertiary/aromatic N) is 3. The summed E-state index contributed by atoms with van der Waals surface area (Å²) in [6, 6.07) is 25.4. The molecule has 4 aromatic rings. The van der Waals surface area contributed by atoms with Crippen LogP contribution in [0.1, 0.15) is 11.5 Å². The van der Waals surface area contributed by atoms with Gasteiger partial charge in [0.05, 0.1) is 13.0 Å². The van der Waals surface area contributed by atoms with Gasteiger partial charge in [-0.1, -0.05) is 71.4 Å². The highest BCUT2D eigenvalue weighted by molar-refractivity contribution is 6.30. The van der Waals surface area contributed by atoms with Crippen LogP contribution in [0.4, 0.5) is 0 Å². The van der Waals surface area contributed by atoms with E-state index in [-0.39, 0.29) is 12.5 Å². The Labute approximate surface area is 179 Å². The van der Waals surface area contributed by atoms with Crippen LogP contribution < -0.4 is 0 Å². The number of halogens is 1. The van der Waals surface area contributed by atoms with Gasteiger partial charge in [0.1, 0.15) is 0 Å². The quantitative estimate of drug-likeness (QED) is 0.429. The Morgan fingerprint density at radius 2 is 1.53 bits per heavy atom. The van der Waals surface area contributed by atoms with Gasteiger partial charge in [-0.25, -0.2) is 0 Å². The number of amides is 1. The van der Waals surface area contributed by atoms with Crippen LogP contribution in [0.2, 0.25) is 5.02 Å². The van der Waals surface area contributed by atoms with E-state index in [1.807, 2.05) is 54.6 Å². The Morgan fingerprint density at radius 1 is 0.900 bits per heavy atom. The molecular weight excluding hydrogens is 398 g/mol. The molecule has 6 heteroatoms. The van der Waals surface area contributed by atoms with Crippen LogP contribution in [0.25, 0.3) is 22.5 Å². The number of benzene rings is 3. The SMILES string of the molecule is CN(Cc1nc(-c2ccc(Cl)cc2)no1)C(=O)Cc1ccc(-c2ccccc2)cc1. The van der Waals surface area contributed by atoms with Crippen LogP contribution in [0.15, 0.2) is 83.4 Å². The maximum atomic E-state index is 12.6. The van der Waals surface area contributed by atoms with Crippen molar-refractivity contribution in [3.05, 3.63) is 95.3 Å². The van der Waals surface area contributed by atoms with Crippen LogP contribution in [0.5, 0.6) is 0 Å². The molecule has 0 N–H and O–H groups in total. The summed E-state index contributed by atoms with van der Waals surface area (Å²) in [6.45, 7) is 0.252. The second-order valence-corrected chi connectivity index (χ2v) is 7.44. The van der Waals surface area contributed by atoms with E-state index in [2.05, 4.69) is 22.3 Å². The Balaban J connectivity index is 1.37. The largest absolute Gasteiger partial charge is 0.337 e.